The van der Waals surface area contributed by atoms with Crippen LogP contribution < -0.4 is 0 Å². The Morgan fingerprint density at radius 3 is 2.45 bits per heavy atom. The van der Waals surface area contributed by atoms with Crippen molar-refractivity contribution in [1.29, 1.82) is 0 Å². The van der Waals surface area contributed by atoms with Gasteiger partial charge in [0.15, 0.2) is 21.3 Å². The Morgan fingerprint density at radius 2 is 1.82 bits per heavy atom. The van der Waals surface area contributed by atoms with E-state index in [0.717, 1.165) is 21.9 Å². The number of imide groups is 2. The first-order valence-corrected chi connectivity index (χ1v) is 13.8. The van der Waals surface area contributed by atoms with Crippen LogP contribution in [0.3, 0.4) is 0 Å². The summed E-state index contributed by atoms with van der Waals surface area (Å²) in [5, 5.41) is 18.7. The number of benzene rings is 1. The number of aliphatic carboxylic acids is 1. The largest absolute Gasteiger partial charge is 0.505 e. The molecule has 2 aliphatic carbocycles. The van der Waals surface area contributed by atoms with Gasteiger partial charge in [0.05, 0.1) is 17.3 Å². The molecule has 4 amide bonds. The zero-order chi connectivity index (χ0) is 27.7. The number of halogens is 4. The van der Waals surface area contributed by atoms with Crippen molar-refractivity contribution in [3.05, 3.63) is 41.2 Å². The highest BCUT2D eigenvalue weighted by atomic mass is 79.9. The number of likely N-dealkylation sites (tertiary alicyclic amines) is 2. The maximum absolute atomic E-state index is 14.5. The number of allylic oxidation sites excluding steroid dienone is 2. The molecule has 4 aliphatic rings. The van der Waals surface area contributed by atoms with Gasteiger partial charge in [0.1, 0.15) is 0 Å². The average Bonchev–Trinajstić information content (AvgIpc) is 3.19. The fraction of sp³-hybridized carbons (Fsp3) is 0.480. The summed E-state index contributed by atoms with van der Waals surface area (Å²) in [5.41, 5.74) is 0.491. The Labute approximate surface area is 234 Å². The topological polar surface area (TPSA) is 132 Å². The Bertz CT molecular complexity index is 1320. The number of carbonyl (C=O) groups excluding carboxylic acids is 4. The molecular formula is C25H22BrCl2FN2O7. The van der Waals surface area contributed by atoms with Crippen molar-refractivity contribution in [3.63, 3.8) is 0 Å². The molecule has 6 unspecified atom stereocenters. The SMILES string of the molecule is O=C(O)CCCN1C(=O)C2CC=C3C(CC4(Cl)C(=O)N(CBr)C(=O)C4(Cl)C3c3ccc(O)c(F)c3)C2C1=O. The zero-order valence-electron chi connectivity index (χ0n) is 19.7. The number of phenolic OH excluding ortho intramolecular Hbond substituents is 1. The molecule has 38 heavy (non-hydrogen) atoms. The van der Waals surface area contributed by atoms with Gasteiger partial charge >= 0.3 is 5.97 Å². The van der Waals surface area contributed by atoms with Gasteiger partial charge in [0.25, 0.3) is 11.8 Å². The quantitative estimate of drug-likeness (QED) is 0.213. The number of fused-ring (bicyclic) bond motifs is 4. The summed E-state index contributed by atoms with van der Waals surface area (Å²) in [6.07, 6.45) is 1.51. The van der Waals surface area contributed by atoms with Gasteiger partial charge in [0.2, 0.25) is 11.8 Å². The fourth-order valence-electron chi connectivity index (χ4n) is 6.50. The lowest BCUT2D eigenvalue weighted by atomic mass is 9.56. The number of alkyl halides is 3. The summed E-state index contributed by atoms with van der Waals surface area (Å²) in [4.78, 5) is 62.6. The minimum absolute atomic E-state index is 0.0636. The van der Waals surface area contributed by atoms with Crippen LogP contribution in [0.5, 0.6) is 5.75 Å². The van der Waals surface area contributed by atoms with Crippen molar-refractivity contribution < 1.29 is 38.6 Å². The summed E-state index contributed by atoms with van der Waals surface area (Å²) < 4.78 is 14.5. The van der Waals surface area contributed by atoms with Crippen LogP contribution in [0.4, 0.5) is 4.39 Å². The molecule has 1 aromatic rings. The lowest BCUT2D eigenvalue weighted by Crippen LogP contribution is -2.60. The smallest absolute Gasteiger partial charge is 0.303 e. The number of hydrogen-bond acceptors (Lipinski definition) is 6. The minimum Gasteiger partial charge on any atom is -0.505 e. The van der Waals surface area contributed by atoms with E-state index in [2.05, 4.69) is 15.9 Å². The van der Waals surface area contributed by atoms with Crippen LogP contribution in [0, 0.1) is 23.6 Å². The van der Waals surface area contributed by atoms with Gasteiger partial charge in [-0.25, -0.2) is 4.39 Å². The van der Waals surface area contributed by atoms with E-state index < -0.39 is 74.6 Å². The fourth-order valence-corrected chi connectivity index (χ4v) is 7.93. The Balaban J connectivity index is 1.63. The van der Waals surface area contributed by atoms with Crippen LogP contribution >= 0.6 is 39.1 Å². The van der Waals surface area contributed by atoms with Gasteiger partial charge in [0, 0.05) is 18.9 Å². The number of hydrogen-bond donors (Lipinski definition) is 2. The number of rotatable bonds is 6. The van der Waals surface area contributed by atoms with E-state index in [1.54, 1.807) is 6.08 Å². The Morgan fingerprint density at radius 1 is 1.11 bits per heavy atom. The van der Waals surface area contributed by atoms with Crippen LogP contribution in [-0.4, -0.2) is 71.4 Å². The van der Waals surface area contributed by atoms with E-state index in [4.69, 9.17) is 28.3 Å². The highest BCUT2D eigenvalue weighted by Crippen LogP contribution is 2.65. The molecule has 0 radical (unpaired) electrons. The predicted octanol–water partition coefficient (Wildman–Crippen LogP) is 3.11. The van der Waals surface area contributed by atoms with Crippen LogP contribution in [-0.2, 0) is 24.0 Å². The molecule has 202 valence electrons. The second-order valence-corrected chi connectivity index (χ2v) is 11.8. The Kier molecular flexibility index (Phi) is 6.63. The molecule has 9 nitrogen and oxygen atoms in total. The van der Waals surface area contributed by atoms with Gasteiger partial charge in [-0.1, -0.05) is 33.6 Å². The molecule has 2 N–H and O–H groups in total. The second kappa shape index (κ2) is 9.31. The molecule has 0 aromatic heterocycles. The molecule has 1 saturated carbocycles. The van der Waals surface area contributed by atoms with Crippen molar-refractivity contribution in [2.75, 3.05) is 12.0 Å². The van der Waals surface area contributed by atoms with Crippen molar-refractivity contribution in [3.8, 4) is 5.75 Å². The number of phenols is 1. The number of carboxylic acid groups (broad SMARTS) is 1. The molecule has 6 atom stereocenters. The first-order chi connectivity index (χ1) is 17.9. The van der Waals surface area contributed by atoms with Gasteiger partial charge in [-0.2, -0.15) is 0 Å². The van der Waals surface area contributed by atoms with Gasteiger partial charge in [-0.05, 0) is 42.9 Å². The van der Waals surface area contributed by atoms with Crippen molar-refractivity contribution >= 4 is 68.7 Å². The van der Waals surface area contributed by atoms with E-state index in [1.165, 1.54) is 6.07 Å². The predicted molar refractivity (Wildman–Crippen MR) is 135 cm³/mol. The Hall–Kier alpha value is -2.50. The number of amides is 4. The molecule has 1 aromatic carbocycles. The van der Waals surface area contributed by atoms with Gasteiger partial charge in [-0.3, -0.25) is 33.8 Å². The highest BCUT2D eigenvalue weighted by molar-refractivity contribution is 9.09. The van der Waals surface area contributed by atoms with Crippen LogP contribution in [0.2, 0.25) is 0 Å². The molecule has 2 heterocycles. The van der Waals surface area contributed by atoms with E-state index >= 15 is 0 Å². The maximum atomic E-state index is 14.5. The summed E-state index contributed by atoms with van der Waals surface area (Å²) in [6.45, 7) is -0.0636. The first kappa shape index (κ1) is 27.1. The van der Waals surface area contributed by atoms with E-state index in [0.29, 0.717) is 5.57 Å². The minimum atomic E-state index is -2.06. The molecule has 5 rings (SSSR count). The normalized spacial score (nSPS) is 34.3. The first-order valence-electron chi connectivity index (χ1n) is 11.9. The molecule has 2 aliphatic heterocycles. The average molecular weight is 632 g/mol. The third kappa shape index (κ3) is 3.57. The lowest BCUT2D eigenvalue weighted by molar-refractivity contribution is -0.142. The van der Waals surface area contributed by atoms with E-state index in [-0.39, 0.29) is 43.2 Å². The van der Waals surface area contributed by atoms with Crippen LogP contribution in [0.1, 0.15) is 37.2 Å². The molecule has 0 bridgehead atoms. The van der Waals surface area contributed by atoms with Gasteiger partial charge < -0.3 is 10.2 Å². The number of carboxylic acids is 1. The maximum Gasteiger partial charge on any atom is 0.303 e. The molecule has 0 spiro atoms. The monoisotopic (exact) mass is 630 g/mol. The van der Waals surface area contributed by atoms with Crippen LogP contribution in [0.15, 0.2) is 29.8 Å². The van der Waals surface area contributed by atoms with E-state index in [1.807, 2.05) is 0 Å². The number of aromatic hydroxyl groups is 1. The second-order valence-electron chi connectivity index (χ2n) is 10.0. The highest BCUT2D eigenvalue weighted by Gasteiger charge is 2.76. The lowest BCUT2D eigenvalue weighted by Gasteiger charge is -2.50. The molecule has 3 fully saturated rings. The summed E-state index contributed by atoms with van der Waals surface area (Å²) in [6, 6.07) is 3.51. The van der Waals surface area contributed by atoms with Gasteiger partial charge in [-0.15, -0.1) is 23.2 Å². The van der Waals surface area contributed by atoms with Crippen molar-refractivity contribution in [2.24, 2.45) is 17.8 Å². The molecular weight excluding hydrogens is 610 g/mol. The number of carbonyl (C=O) groups is 5. The van der Waals surface area contributed by atoms with Crippen molar-refractivity contribution in [2.45, 2.75) is 41.3 Å². The number of nitrogens with zero attached hydrogens (tertiary/aromatic N) is 2. The molecule has 2 saturated heterocycles. The zero-order valence-corrected chi connectivity index (χ0v) is 22.8. The van der Waals surface area contributed by atoms with E-state index in [9.17, 15) is 33.5 Å². The summed E-state index contributed by atoms with van der Waals surface area (Å²) in [7, 11) is 0. The van der Waals surface area contributed by atoms with Crippen LogP contribution in [0.25, 0.3) is 0 Å². The third-order valence-electron chi connectivity index (χ3n) is 8.18. The van der Waals surface area contributed by atoms with Crippen molar-refractivity contribution in [1.82, 2.24) is 9.80 Å². The summed E-state index contributed by atoms with van der Waals surface area (Å²) >= 11 is 17.2. The molecule has 13 heteroatoms. The third-order valence-corrected chi connectivity index (χ3v) is 10.1. The standard InChI is InChI=1S/C25H22BrCl2FN2O7/c26-10-31-22(37)24(27)9-14-12(19(25(24,28)23(31)38)11-3-6-16(32)15(29)8-11)4-5-13-18(14)21(36)30(20(13)35)7-1-2-17(33)34/h3-4,6,8,13-14,18-19,32H,1-2,5,7,9-10H2,(H,33,34). The summed E-state index contributed by atoms with van der Waals surface area (Å²) in [5.74, 6) is -8.69.